The number of fused-ring (bicyclic) bond motifs is 1. The van der Waals surface area contributed by atoms with Gasteiger partial charge in [-0.25, -0.2) is 9.78 Å². The second-order valence-electron chi connectivity index (χ2n) is 5.19. The minimum absolute atomic E-state index is 0.313. The molecule has 0 aliphatic rings. The molecule has 2 heterocycles. The molecule has 0 atom stereocenters. The molecule has 3 aromatic rings. The fourth-order valence-corrected chi connectivity index (χ4v) is 2.64. The van der Waals surface area contributed by atoms with E-state index in [1.165, 1.54) is 18.1 Å². The first-order valence-electron chi connectivity index (χ1n) is 7.33. The third-order valence-corrected chi connectivity index (χ3v) is 3.86. The summed E-state index contributed by atoms with van der Waals surface area (Å²) in [4.78, 5) is 15.9. The van der Waals surface area contributed by atoms with Gasteiger partial charge in [-0.3, -0.25) is 0 Å². The summed E-state index contributed by atoms with van der Waals surface area (Å²) in [5.41, 5.74) is 3.99. The zero-order chi connectivity index (χ0) is 15.5. The number of aryl methyl sites for hydroxylation is 1. The summed E-state index contributed by atoms with van der Waals surface area (Å²) >= 11 is 0. The van der Waals surface area contributed by atoms with Crippen LogP contribution in [0, 0.1) is 0 Å². The fourth-order valence-electron chi connectivity index (χ4n) is 2.64. The van der Waals surface area contributed by atoms with Crippen molar-refractivity contribution in [2.75, 3.05) is 7.11 Å². The van der Waals surface area contributed by atoms with E-state index in [2.05, 4.69) is 34.8 Å². The number of carbonyl (C=O) groups is 1. The van der Waals surface area contributed by atoms with Crippen LogP contribution in [0.2, 0.25) is 0 Å². The van der Waals surface area contributed by atoms with Gasteiger partial charge in [0.2, 0.25) is 0 Å². The lowest BCUT2D eigenvalue weighted by Crippen LogP contribution is -2.03. The first-order valence-corrected chi connectivity index (χ1v) is 7.33. The average Bonchev–Trinajstić information content (AvgIpc) is 2.98. The second-order valence-corrected chi connectivity index (χ2v) is 5.19. The number of rotatable bonds is 4. The minimum Gasteiger partial charge on any atom is -0.465 e. The van der Waals surface area contributed by atoms with Crippen LogP contribution in [0.5, 0.6) is 0 Å². The molecule has 0 spiro atoms. The Morgan fingerprint density at radius 1 is 1.18 bits per heavy atom. The number of esters is 1. The predicted octanol–water partition coefficient (Wildman–Crippen LogP) is 3.43. The van der Waals surface area contributed by atoms with E-state index in [0.717, 1.165) is 24.2 Å². The Morgan fingerprint density at radius 2 is 1.95 bits per heavy atom. The summed E-state index contributed by atoms with van der Waals surface area (Å²) in [7, 11) is 1.39. The van der Waals surface area contributed by atoms with Crippen LogP contribution in [-0.2, 0) is 17.7 Å². The van der Waals surface area contributed by atoms with Gasteiger partial charge in [0.25, 0.3) is 0 Å². The topological polar surface area (TPSA) is 44.1 Å². The molecule has 0 aliphatic heterocycles. The lowest BCUT2D eigenvalue weighted by Gasteiger charge is -2.07. The first kappa shape index (κ1) is 14.3. The van der Waals surface area contributed by atoms with Gasteiger partial charge in [0.15, 0.2) is 0 Å². The monoisotopic (exact) mass is 294 g/mol. The molecule has 0 fully saturated rings. The van der Waals surface area contributed by atoms with E-state index in [1.54, 1.807) is 12.1 Å². The van der Waals surface area contributed by atoms with Gasteiger partial charge in [-0.1, -0.05) is 19.1 Å². The van der Waals surface area contributed by atoms with Gasteiger partial charge in [0, 0.05) is 24.3 Å². The molecular formula is C18H18N2O2. The van der Waals surface area contributed by atoms with Crippen molar-refractivity contribution in [2.24, 2.45) is 0 Å². The van der Waals surface area contributed by atoms with Crippen LogP contribution < -0.4 is 0 Å². The Kier molecular flexibility index (Phi) is 3.92. The molecule has 0 amide bonds. The summed E-state index contributed by atoms with van der Waals surface area (Å²) in [6.45, 7) is 2.88. The Bertz CT molecular complexity index is 804. The highest BCUT2D eigenvalue weighted by atomic mass is 16.5. The second kappa shape index (κ2) is 6.02. The molecule has 1 aromatic carbocycles. The average molecular weight is 294 g/mol. The smallest absolute Gasteiger partial charge is 0.337 e. The van der Waals surface area contributed by atoms with Crippen LogP contribution >= 0.6 is 0 Å². The highest BCUT2D eigenvalue weighted by molar-refractivity contribution is 5.89. The molecule has 4 heteroatoms. The van der Waals surface area contributed by atoms with Crippen LogP contribution in [0.25, 0.3) is 11.0 Å². The van der Waals surface area contributed by atoms with Crippen molar-refractivity contribution in [3.05, 3.63) is 65.5 Å². The Hall–Kier alpha value is -2.62. The largest absolute Gasteiger partial charge is 0.465 e. The lowest BCUT2D eigenvalue weighted by atomic mass is 10.1. The van der Waals surface area contributed by atoms with Crippen molar-refractivity contribution in [1.29, 1.82) is 0 Å². The van der Waals surface area contributed by atoms with Gasteiger partial charge >= 0.3 is 5.97 Å². The van der Waals surface area contributed by atoms with Crippen LogP contribution in [0.15, 0.2) is 48.8 Å². The van der Waals surface area contributed by atoms with E-state index in [9.17, 15) is 4.79 Å². The molecule has 0 saturated carbocycles. The van der Waals surface area contributed by atoms with Gasteiger partial charge in [0.1, 0.15) is 5.65 Å². The molecule has 112 valence electrons. The molecule has 2 aromatic heterocycles. The standard InChI is InChI=1S/C18H18N2O2/c1-3-14-8-10-19-17-16(14)9-11-20(17)12-13-4-6-15(7-5-13)18(21)22-2/h4-11H,3,12H2,1-2H3. The third kappa shape index (κ3) is 2.60. The van der Waals surface area contributed by atoms with Crippen LogP contribution in [-0.4, -0.2) is 22.6 Å². The van der Waals surface area contributed by atoms with Crippen molar-refractivity contribution in [1.82, 2.24) is 9.55 Å². The summed E-state index contributed by atoms with van der Waals surface area (Å²) in [6.07, 6.45) is 4.92. The van der Waals surface area contributed by atoms with E-state index >= 15 is 0 Å². The molecular weight excluding hydrogens is 276 g/mol. The lowest BCUT2D eigenvalue weighted by molar-refractivity contribution is 0.0600. The Labute approximate surface area is 129 Å². The van der Waals surface area contributed by atoms with E-state index in [0.29, 0.717) is 5.56 Å². The van der Waals surface area contributed by atoms with Gasteiger partial charge in [-0.15, -0.1) is 0 Å². The molecule has 0 radical (unpaired) electrons. The maximum atomic E-state index is 11.4. The summed E-state index contributed by atoms with van der Waals surface area (Å²) in [6, 6.07) is 11.7. The summed E-state index contributed by atoms with van der Waals surface area (Å²) < 4.78 is 6.84. The van der Waals surface area contributed by atoms with Crippen LogP contribution in [0.4, 0.5) is 0 Å². The number of methoxy groups -OCH3 is 1. The first-order chi connectivity index (χ1) is 10.7. The summed E-state index contributed by atoms with van der Waals surface area (Å²) in [5.74, 6) is -0.313. The number of hydrogen-bond donors (Lipinski definition) is 0. The number of ether oxygens (including phenoxy) is 1. The van der Waals surface area contributed by atoms with Gasteiger partial charge in [-0.05, 0) is 41.8 Å². The van der Waals surface area contributed by atoms with Crippen molar-refractivity contribution in [3.63, 3.8) is 0 Å². The van der Waals surface area contributed by atoms with Gasteiger partial charge in [0.05, 0.1) is 12.7 Å². The number of hydrogen-bond acceptors (Lipinski definition) is 3. The molecule has 0 saturated heterocycles. The number of pyridine rings is 1. The molecule has 0 aliphatic carbocycles. The van der Waals surface area contributed by atoms with Crippen molar-refractivity contribution < 1.29 is 9.53 Å². The Morgan fingerprint density at radius 3 is 2.64 bits per heavy atom. The van der Waals surface area contributed by atoms with Crippen molar-refractivity contribution in [2.45, 2.75) is 19.9 Å². The van der Waals surface area contributed by atoms with Crippen molar-refractivity contribution >= 4 is 17.0 Å². The van der Waals surface area contributed by atoms with E-state index in [4.69, 9.17) is 4.74 Å². The van der Waals surface area contributed by atoms with Gasteiger partial charge in [-0.2, -0.15) is 0 Å². The molecule has 0 N–H and O–H groups in total. The van der Waals surface area contributed by atoms with Crippen LogP contribution in [0.3, 0.4) is 0 Å². The molecule has 4 nitrogen and oxygen atoms in total. The molecule has 3 rings (SSSR count). The third-order valence-electron chi connectivity index (χ3n) is 3.86. The maximum absolute atomic E-state index is 11.4. The highest BCUT2D eigenvalue weighted by Crippen LogP contribution is 2.19. The molecule has 22 heavy (non-hydrogen) atoms. The Balaban J connectivity index is 1.89. The normalized spacial score (nSPS) is 10.8. The molecule has 0 unspecified atom stereocenters. The zero-order valence-corrected chi connectivity index (χ0v) is 12.7. The molecule has 0 bridgehead atoms. The van der Waals surface area contributed by atoms with Gasteiger partial charge < -0.3 is 9.30 Å². The fraction of sp³-hybridized carbons (Fsp3) is 0.222. The minimum atomic E-state index is -0.313. The zero-order valence-electron chi connectivity index (χ0n) is 12.7. The predicted molar refractivity (Wildman–Crippen MR) is 86.0 cm³/mol. The SMILES string of the molecule is CCc1ccnc2c1ccn2Cc1ccc(C(=O)OC)cc1. The van der Waals surface area contributed by atoms with Crippen LogP contribution in [0.1, 0.15) is 28.4 Å². The number of benzene rings is 1. The van der Waals surface area contributed by atoms with E-state index in [1.807, 2.05) is 18.3 Å². The highest BCUT2D eigenvalue weighted by Gasteiger charge is 2.08. The number of nitrogens with zero attached hydrogens (tertiary/aromatic N) is 2. The van der Waals surface area contributed by atoms with E-state index < -0.39 is 0 Å². The maximum Gasteiger partial charge on any atom is 0.337 e. The number of carbonyl (C=O) groups excluding carboxylic acids is 1. The number of aromatic nitrogens is 2. The summed E-state index contributed by atoms with van der Waals surface area (Å²) in [5, 5.41) is 1.20. The quantitative estimate of drug-likeness (QED) is 0.692. The van der Waals surface area contributed by atoms with E-state index in [-0.39, 0.29) is 5.97 Å². The van der Waals surface area contributed by atoms with Crippen molar-refractivity contribution in [3.8, 4) is 0 Å².